The lowest BCUT2D eigenvalue weighted by molar-refractivity contribution is 0.0528. The Morgan fingerprint density at radius 1 is 0.941 bits per heavy atom. The van der Waals surface area contributed by atoms with Gasteiger partial charge in [-0.05, 0) is 61.4 Å². The number of carbonyl (C=O) groups is 1. The number of carbonyl (C=O) groups excluding carboxylic acids is 1. The van der Waals surface area contributed by atoms with Crippen molar-refractivity contribution in [3.63, 3.8) is 0 Å². The molecule has 1 aromatic heterocycles. The summed E-state index contributed by atoms with van der Waals surface area (Å²) < 4.78 is 34.3. The first-order chi connectivity index (χ1) is 16.3. The van der Waals surface area contributed by atoms with Gasteiger partial charge in [-0.15, -0.1) is 11.3 Å². The van der Waals surface area contributed by atoms with Crippen LogP contribution in [0.25, 0.3) is 10.8 Å². The number of hydrogen-bond donors (Lipinski definition) is 2. The number of aryl methyl sites for hydroxylation is 2. The Balaban J connectivity index is 1.79. The smallest absolute Gasteiger partial charge is 0.341 e. The van der Waals surface area contributed by atoms with Crippen LogP contribution in [0.1, 0.15) is 34.6 Å². The van der Waals surface area contributed by atoms with Crippen LogP contribution < -0.4 is 10.0 Å². The van der Waals surface area contributed by atoms with E-state index >= 15 is 0 Å². The first kappa shape index (κ1) is 23.8. The average Bonchev–Trinajstić information content (AvgIpc) is 3.23. The van der Waals surface area contributed by atoms with Crippen molar-refractivity contribution < 1.29 is 17.9 Å². The van der Waals surface area contributed by atoms with Gasteiger partial charge in [0.05, 0.1) is 28.4 Å². The molecule has 6 nitrogen and oxygen atoms in total. The maximum absolute atomic E-state index is 13.2. The lowest BCUT2D eigenvalue weighted by Crippen LogP contribution is -2.14. The summed E-state index contributed by atoms with van der Waals surface area (Å²) in [5.41, 5.74) is 2.34. The molecule has 4 aromatic rings. The van der Waals surface area contributed by atoms with Crippen molar-refractivity contribution in [3.8, 4) is 0 Å². The van der Waals surface area contributed by atoms with Crippen molar-refractivity contribution in [3.05, 3.63) is 82.7 Å². The maximum Gasteiger partial charge on any atom is 0.341 e. The number of fused-ring (bicyclic) bond motifs is 1. The molecule has 0 aliphatic heterocycles. The summed E-state index contributed by atoms with van der Waals surface area (Å²) in [4.78, 5) is 13.8. The van der Waals surface area contributed by atoms with E-state index in [2.05, 4.69) is 10.0 Å². The molecule has 0 aliphatic carbocycles. The van der Waals surface area contributed by atoms with Gasteiger partial charge >= 0.3 is 5.97 Å². The summed E-state index contributed by atoms with van der Waals surface area (Å²) in [6.07, 6.45) is 0.767. The Morgan fingerprint density at radius 3 is 2.21 bits per heavy atom. The van der Waals surface area contributed by atoms with Gasteiger partial charge < -0.3 is 10.1 Å². The largest absolute Gasteiger partial charge is 0.462 e. The SMILES string of the molecule is CCOC(=O)c1cc(CC)sc1Nc1cc2ccccc2cc1NS(=O)(=O)c1ccc(C)cc1. The summed E-state index contributed by atoms with van der Waals surface area (Å²) in [6.45, 7) is 5.95. The number of nitrogens with one attached hydrogen (secondary N) is 2. The van der Waals surface area contributed by atoms with Gasteiger partial charge in [0.1, 0.15) is 5.00 Å². The highest BCUT2D eigenvalue weighted by Gasteiger charge is 2.21. The fourth-order valence-corrected chi connectivity index (χ4v) is 5.61. The molecule has 3 aromatic carbocycles. The molecule has 8 heteroatoms. The molecule has 0 bridgehead atoms. The van der Waals surface area contributed by atoms with E-state index in [1.807, 2.05) is 50.2 Å². The lowest BCUT2D eigenvalue weighted by atomic mass is 10.1. The minimum Gasteiger partial charge on any atom is -0.462 e. The summed E-state index contributed by atoms with van der Waals surface area (Å²) in [5.74, 6) is -0.413. The monoisotopic (exact) mass is 494 g/mol. The minimum atomic E-state index is -3.83. The van der Waals surface area contributed by atoms with Gasteiger partial charge in [0.15, 0.2) is 0 Å². The van der Waals surface area contributed by atoms with Crippen LogP contribution in [0.2, 0.25) is 0 Å². The minimum absolute atomic E-state index is 0.175. The van der Waals surface area contributed by atoms with Crippen LogP contribution in [0.15, 0.2) is 71.6 Å². The normalized spacial score (nSPS) is 11.4. The average molecular weight is 495 g/mol. The van der Waals surface area contributed by atoms with Crippen LogP contribution in [0.5, 0.6) is 0 Å². The molecule has 0 fully saturated rings. The van der Waals surface area contributed by atoms with Gasteiger partial charge in [-0.3, -0.25) is 4.72 Å². The Morgan fingerprint density at radius 2 is 1.59 bits per heavy atom. The first-order valence-corrected chi connectivity index (χ1v) is 13.3. The summed E-state index contributed by atoms with van der Waals surface area (Å²) >= 11 is 1.45. The third-order valence-corrected chi connectivity index (χ3v) is 7.91. The molecule has 0 spiro atoms. The number of hydrogen-bond acceptors (Lipinski definition) is 6. The topological polar surface area (TPSA) is 84.5 Å². The van der Waals surface area contributed by atoms with E-state index < -0.39 is 16.0 Å². The van der Waals surface area contributed by atoms with Gasteiger partial charge in [0.2, 0.25) is 0 Å². The standard InChI is InChI=1S/C26H26N2O4S2/c1-4-20-16-22(26(29)32-5-2)25(33-20)27-23-14-18-8-6-7-9-19(18)15-24(23)28-34(30,31)21-12-10-17(3)11-13-21/h6-16,27-28H,4-5H2,1-3H3. The van der Waals surface area contributed by atoms with Crippen LogP contribution in [0.4, 0.5) is 16.4 Å². The predicted octanol–water partition coefficient (Wildman–Crippen LogP) is 6.49. The van der Waals surface area contributed by atoms with Gasteiger partial charge in [-0.2, -0.15) is 0 Å². The fourth-order valence-electron chi connectivity index (χ4n) is 3.54. The molecular weight excluding hydrogens is 468 g/mol. The van der Waals surface area contributed by atoms with E-state index in [0.29, 0.717) is 21.9 Å². The number of thiophene rings is 1. The van der Waals surface area contributed by atoms with Crippen molar-refractivity contribution in [2.24, 2.45) is 0 Å². The quantitative estimate of drug-likeness (QED) is 0.273. The highest BCUT2D eigenvalue weighted by Crippen LogP contribution is 2.37. The molecule has 0 atom stereocenters. The van der Waals surface area contributed by atoms with Crippen LogP contribution >= 0.6 is 11.3 Å². The molecule has 176 valence electrons. The second kappa shape index (κ2) is 9.87. The zero-order valence-electron chi connectivity index (χ0n) is 19.2. The number of benzene rings is 3. The molecule has 4 rings (SSSR count). The van der Waals surface area contributed by atoms with Gasteiger partial charge in [0.25, 0.3) is 10.0 Å². The second-order valence-corrected chi connectivity index (χ2v) is 10.6. The van der Waals surface area contributed by atoms with Gasteiger partial charge in [-0.25, -0.2) is 13.2 Å². The number of rotatable bonds is 8. The van der Waals surface area contributed by atoms with Crippen molar-refractivity contribution in [2.45, 2.75) is 32.1 Å². The van der Waals surface area contributed by atoms with Crippen LogP contribution in [-0.2, 0) is 21.2 Å². The third kappa shape index (κ3) is 5.08. The molecular formula is C26H26N2O4S2. The van der Waals surface area contributed by atoms with Gasteiger partial charge in [0, 0.05) is 4.88 Å². The summed E-state index contributed by atoms with van der Waals surface area (Å²) in [7, 11) is -3.83. The molecule has 0 amide bonds. The fraction of sp³-hybridized carbons (Fsp3) is 0.192. The molecule has 0 unspecified atom stereocenters. The predicted molar refractivity (Wildman–Crippen MR) is 139 cm³/mol. The van der Waals surface area contributed by atoms with Crippen molar-refractivity contribution in [1.82, 2.24) is 0 Å². The number of ether oxygens (including phenoxy) is 1. The highest BCUT2D eigenvalue weighted by atomic mass is 32.2. The zero-order valence-corrected chi connectivity index (χ0v) is 20.8. The lowest BCUT2D eigenvalue weighted by Gasteiger charge is -2.16. The molecule has 1 heterocycles. The van der Waals surface area contributed by atoms with E-state index in [0.717, 1.165) is 27.6 Å². The zero-order chi connectivity index (χ0) is 24.3. The molecule has 0 radical (unpaired) electrons. The van der Waals surface area contributed by atoms with E-state index in [9.17, 15) is 13.2 Å². The third-order valence-electron chi connectivity index (χ3n) is 5.34. The molecule has 0 saturated heterocycles. The Bertz CT molecular complexity index is 1440. The highest BCUT2D eigenvalue weighted by molar-refractivity contribution is 7.92. The van der Waals surface area contributed by atoms with Crippen LogP contribution in [0, 0.1) is 6.92 Å². The van der Waals surface area contributed by atoms with Crippen LogP contribution in [0.3, 0.4) is 0 Å². The Labute approximate surface area is 203 Å². The molecule has 2 N–H and O–H groups in total. The number of esters is 1. The molecule has 0 saturated carbocycles. The van der Waals surface area contributed by atoms with E-state index in [1.54, 1.807) is 37.3 Å². The van der Waals surface area contributed by atoms with Crippen LogP contribution in [-0.4, -0.2) is 21.0 Å². The maximum atomic E-state index is 13.2. The van der Waals surface area contributed by atoms with E-state index in [4.69, 9.17) is 4.74 Å². The van der Waals surface area contributed by atoms with E-state index in [1.165, 1.54) is 11.3 Å². The number of anilines is 3. The number of sulfonamides is 1. The Hall–Kier alpha value is -3.36. The van der Waals surface area contributed by atoms with Crippen molar-refractivity contribution in [1.29, 1.82) is 0 Å². The van der Waals surface area contributed by atoms with E-state index in [-0.39, 0.29) is 11.5 Å². The first-order valence-electron chi connectivity index (χ1n) is 11.0. The van der Waals surface area contributed by atoms with Crippen molar-refractivity contribution >= 4 is 54.5 Å². The molecule has 34 heavy (non-hydrogen) atoms. The summed E-state index contributed by atoms with van der Waals surface area (Å²) in [5, 5.41) is 5.74. The van der Waals surface area contributed by atoms with Crippen molar-refractivity contribution in [2.75, 3.05) is 16.6 Å². The summed E-state index contributed by atoms with van der Waals surface area (Å²) in [6, 6.07) is 19.9. The molecule has 0 aliphatic rings. The Kier molecular flexibility index (Phi) is 6.90. The van der Waals surface area contributed by atoms with Gasteiger partial charge in [-0.1, -0.05) is 48.9 Å². The second-order valence-electron chi connectivity index (χ2n) is 7.82.